The molecule has 4 rings (SSSR count). The Morgan fingerprint density at radius 3 is 2.71 bits per heavy atom. The number of piperidine rings is 1. The van der Waals surface area contributed by atoms with Gasteiger partial charge in [-0.05, 0) is 57.0 Å². The average molecular weight is 319 g/mol. The largest absolute Gasteiger partial charge is 0.342 e. The van der Waals surface area contributed by atoms with Crippen molar-refractivity contribution in [2.75, 3.05) is 19.6 Å². The Morgan fingerprint density at radius 1 is 1.08 bits per heavy atom. The van der Waals surface area contributed by atoms with Crippen LogP contribution < -0.4 is 0 Å². The van der Waals surface area contributed by atoms with E-state index in [1.54, 1.807) is 0 Å². The van der Waals surface area contributed by atoms with Gasteiger partial charge in [0.2, 0.25) is 0 Å². The summed E-state index contributed by atoms with van der Waals surface area (Å²) in [6, 6.07) is 17.2. The second-order valence-electron chi connectivity index (χ2n) is 6.99. The van der Waals surface area contributed by atoms with E-state index in [2.05, 4.69) is 65.3 Å². The lowest BCUT2D eigenvalue weighted by Gasteiger charge is -2.31. The number of para-hydroxylation sites is 2. The van der Waals surface area contributed by atoms with Gasteiger partial charge in [0.1, 0.15) is 5.82 Å². The van der Waals surface area contributed by atoms with Crippen LogP contribution in [-0.4, -0.2) is 34.5 Å². The number of aryl methyl sites for hydroxylation is 1. The van der Waals surface area contributed by atoms with Crippen molar-refractivity contribution in [3.8, 4) is 0 Å². The van der Waals surface area contributed by atoms with Gasteiger partial charge >= 0.3 is 0 Å². The van der Waals surface area contributed by atoms with E-state index in [0.717, 1.165) is 24.0 Å². The first-order chi connectivity index (χ1) is 11.8. The van der Waals surface area contributed by atoms with Crippen LogP contribution in [0.5, 0.6) is 0 Å². The van der Waals surface area contributed by atoms with E-state index in [1.807, 2.05) is 0 Å². The number of hydrogen-bond acceptors (Lipinski definition) is 2. The monoisotopic (exact) mass is 319 g/mol. The molecule has 0 amide bonds. The first-order valence-electron chi connectivity index (χ1n) is 9.00. The van der Waals surface area contributed by atoms with Gasteiger partial charge in [0, 0.05) is 12.5 Å². The van der Waals surface area contributed by atoms with Crippen LogP contribution in [0, 0.1) is 6.92 Å². The Balaban J connectivity index is 1.33. The molecule has 0 unspecified atom stereocenters. The van der Waals surface area contributed by atoms with E-state index in [-0.39, 0.29) is 0 Å². The minimum Gasteiger partial charge on any atom is -0.342 e. The molecule has 3 nitrogen and oxygen atoms in total. The van der Waals surface area contributed by atoms with Gasteiger partial charge in [-0.25, -0.2) is 4.98 Å². The number of likely N-dealkylation sites (tertiary alicyclic amines) is 1. The predicted molar refractivity (Wildman–Crippen MR) is 99.4 cm³/mol. The van der Waals surface area contributed by atoms with Crippen molar-refractivity contribution >= 4 is 11.0 Å². The van der Waals surface area contributed by atoms with E-state index < -0.39 is 0 Å². The molecule has 1 fully saturated rings. The van der Waals surface area contributed by atoms with Crippen LogP contribution in [-0.2, 0) is 6.42 Å². The number of aromatic nitrogens is 2. The Hall–Kier alpha value is -2.13. The van der Waals surface area contributed by atoms with Crippen LogP contribution in [0.2, 0.25) is 0 Å². The molecule has 2 aromatic carbocycles. The van der Waals surface area contributed by atoms with Crippen LogP contribution in [0.15, 0.2) is 48.5 Å². The van der Waals surface area contributed by atoms with Gasteiger partial charge < -0.3 is 9.88 Å². The summed E-state index contributed by atoms with van der Waals surface area (Å²) in [7, 11) is 0. The SMILES string of the molecule is Cc1cccc(CCN2CCC(c3nc4ccccc4[nH]3)CC2)c1. The molecule has 3 aromatic rings. The predicted octanol–water partition coefficient (Wildman–Crippen LogP) is 4.29. The van der Waals surface area contributed by atoms with Crippen LogP contribution >= 0.6 is 0 Å². The summed E-state index contributed by atoms with van der Waals surface area (Å²) in [6.45, 7) is 5.68. The summed E-state index contributed by atoms with van der Waals surface area (Å²) < 4.78 is 0. The number of benzene rings is 2. The molecule has 2 heterocycles. The maximum atomic E-state index is 4.79. The minimum absolute atomic E-state index is 0.576. The molecule has 1 saturated heterocycles. The summed E-state index contributed by atoms with van der Waals surface area (Å²) in [5.74, 6) is 1.75. The van der Waals surface area contributed by atoms with Gasteiger partial charge in [0.05, 0.1) is 11.0 Å². The molecule has 0 radical (unpaired) electrons. The highest BCUT2D eigenvalue weighted by Gasteiger charge is 2.22. The topological polar surface area (TPSA) is 31.9 Å². The van der Waals surface area contributed by atoms with Crippen LogP contribution in [0.1, 0.15) is 35.7 Å². The maximum absolute atomic E-state index is 4.79. The fourth-order valence-corrected chi connectivity index (χ4v) is 3.75. The Bertz CT molecular complexity index is 780. The van der Waals surface area contributed by atoms with Crippen molar-refractivity contribution in [3.63, 3.8) is 0 Å². The smallest absolute Gasteiger partial charge is 0.110 e. The van der Waals surface area contributed by atoms with Crippen molar-refractivity contribution in [2.24, 2.45) is 0 Å². The van der Waals surface area contributed by atoms with Gasteiger partial charge in [0.15, 0.2) is 0 Å². The molecule has 0 aliphatic carbocycles. The highest BCUT2D eigenvalue weighted by atomic mass is 15.1. The molecular weight excluding hydrogens is 294 g/mol. The molecule has 0 bridgehead atoms. The molecule has 0 saturated carbocycles. The van der Waals surface area contributed by atoms with E-state index in [1.165, 1.54) is 42.9 Å². The first-order valence-corrected chi connectivity index (χ1v) is 9.00. The van der Waals surface area contributed by atoms with E-state index in [9.17, 15) is 0 Å². The number of H-pyrrole nitrogens is 1. The molecule has 124 valence electrons. The lowest BCUT2D eigenvalue weighted by Crippen LogP contribution is -2.34. The number of rotatable bonds is 4. The molecule has 0 spiro atoms. The zero-order valence-corrected chi connectivity index (χ0v) is 14.3. The van der Waals surface area contributed by atoms with Crippen molar-refractivity contribution in [1.29, 1.82) is 0 Å². The molecule has 0 atom stereocenters. The van der Waals surface area contributed by atoms with Crippen molar-refractivity contribution in [3.05, 3.63) is 65.5 Å². The number of imidazole rings is 1. The van der Waals surface area contributed by atoms with Crippen molar-refractivity contribution < 1.29 is 0 Å². The number of hydrogen-bond donors (Lipinski definition) is 1. The fraction of sp³-hybridized carbons (Fsp3) is 0.381. The summed E-state index contributed by atoms with van der Waals surface area (Å²) in [6.07, 6.45) is 3.55. The lowest BCUT2D eigenvalue weighted by atomic mass is 9.96. The van der Waals surface area contributed by atoms with Crippen LogP contribution in [0.3, 0.4) is 0 Å². The van der Waals surface area contributed by atoms with Crippen molar-refractivity contribution in [2.45, 2.75) is 32.1 Å². The van der Waals surface area contributed by atoms with Gasteiger partial charge in [0.25, 0.3) is 0 Å². The van der Waals surface area contributed by atoms with Gasteiger partial charge in [-0.2, -0.15) is 0 Å². The van der Waals surface area contributed by atoms with Gasteiger partial charge in [-0.3, -0.25) is 0 Å². The molecular formula is C21H25N3. The maximum Gasteiger partial charge on any atom is 0.110 e. The molecule has 24 heavy (non-hydrogen) atoms. The third-order valence-electron chi connectivity index (χ3n) is 5.18. The third kappa shape index (κ3) is 3.36. The second-order valence-corrected chi connectivity index (χ2v) is 6.99. The van der Waals surface area contributed by atoms with Gasteiger partial charge in [-0.15, -0.1) is 0 Å². The molecule has 1 aromatic heterocycles. The van der Waals surface area contributed by atoms with Crippen molar-refractivity contribution in [1.82, 2.24) is 14.9 Å². The minimum atomic E-state index is 0.576. The van der Waals surface area contributed by atoms with E-state index >= 15 is 0 Å². The highest BCUT2D eigenvalue weighted by molar-refractivity contribution is 5.74. The summed E-state index contributed by atoms with van der Waals surface area (Å²) in [5, 5.41) is 0. The number of fused-ring (bicyclic) bond motifs is 1. The molecule has 1 aliphatic heterocycles. The zero-order chi connectivity index (χ0) is 16.4. The molecule has 1 N–H and O–H groups in total. The van der Waals surface area contributed by atoms with E-state index in [4.69, 9.17) is 4.98 Å². The van der Waals surface area contributed by atoms with E-state index in [0.29, 0.717) is 5.92 Å². The first kappa shape index (κ1) is 15.4. The molecule has 3 heteroatoms. The number of nitrogens with zero attached hydrogens (tertiary/aromatic N) is 2. The summed E-state index contributed by atoms with van der Waals surface area (Å²) in [4.78, 5) is 10.9. The summed E-state index contributed by atoms with van der Waals surface area (Å²) in [5.41, 5.74) is 5.06. The quantitative estimate of drug-likeness (QED) is 0.778. The second kappa shape index (κ2) is 6.78. The zero-order valence-electron chi connectivity index (χ0n) is 14.3. The fourth-order valence-electron chi connectivity index (χ4n) is 3.75. The number of aromatic amines is 1. The number of nitrogens with one attached hydrogen (secondary N) is 1. The Morgan fingerprint density at radius 2 is 1.92 bits per heavy atom. The average Bonchev–Trinajstić information content (AvgIpc) is 3.05. The standard InChI is InChI=1S/C21H25N3/c1-16-5-4-6-17(15-16)9-12-24-13-10-18(11-14-24)21-22-19-7-2-3-8-20(19)23-21/h2-8,15,18H,9-14H2,1H3,(H,22,23). The summed E-state index contributed by atoms with van der Waals surface area (Å²) >= 11 is 0. The normalized spacial score (nSPS) is 16.7. The van der Waals surface area contributed by atoms with Crippen LogP contribution in [0.25, 0.3) is 11.0 Å². The highest BCUT2D eigenvalue weighted by Crippen LogP contribution is 2.27. The Labute approximate surface area is 143 Å². The van der Waals surface area contributed by atoms with Gasteiger partial charge in [-0.1, -0.05) is 42.0 Å². The lowest BCUT2D eigenvalue weighted by molar-refractivity contribution is 0.212. The Kier molecular flexibility index (Phi) is 4.35. The third-order valence-corrected chi connectivity index (χ3v) is 5.18. The molecule has 1 aliphatic rings. The van der Waals surface area contributed by atoms with Crippen LogP contribution in [0.4, 0.5) is 0 Å².